The minimum Gasteiger partial charge on any atom is -0.436 e. The van der Waals surface area contributed by atoms with Gasteiger partial charge in [-0.15, -0.1) is 11.3 Å². The minimum absolute atomic E-state index is 0.216. The molecule has 1 N–H and O–H groups in total. The fourth-order valence-corrected chi connectivity index (χ4v) is 4.18. The number of carbonyl (C=O) groups is 1. The van der Waals surface area contributed by atoms with Crippen LogP contribution in [0.2, 0.25) is 0 Å². The van der Waals surface area contributed by atoms with Crippen molar-refractivity contribution in [2.75, 3.05) is 5.32 Å². The Kier molecular flexibility index (Phi) is 4.18. The summed E-state index contributed by atoms with van der Waals surface area (Å²) in [6.45, 7) is 0. The number of nitrogens with zero attached hydrogens (tertiary/aromatic N) is 2. The van der Waals surface area contributed by atoms with Gasteiger partial charge in [0.25, 0.3) is 5.91 Å². The van der Waals surface area contributed by atoms with Gasteiger partial charge in [0.2, 0.25) is 5.89 Å². The quantitative estimate of drug-likeness (QED) is 0.360. The third kappa shape index (κ3) is 2.98. The molecule has 7 heteroatoms. The minimum atomic E-state index is -0.216. The maximum absolute atomic E-state index is 13.0. The van der Waals surface area contributed by atoms with E-state index >= 15 is 0 Å². The van der Waals surface area contributed by atoms with Gasteiger partial charge < -0.3 is 9.73 Å². The number of rotatable bonds is 3. The number of amides is 1. The highest BCUT2D eigenvalue weighted by Gasteiger charge is 2.20. The lowest BCUT2D eigenvalue weighted by Crippen LogP contribution is -2.11. The first-order valence-electron chi connectivity index (χ1n) is 8.48. The summed E-state index contributed by atoms with van der Waals surface area (Å²) in [5.41, 5.74) is 3.50. The molecule has 1 amide bonds. The maximum atomic E-state index is 13.0. The summed E-state index contributed by atoms with van der Waals surface area (Å²) in [7, 11) is 0. The lowest BCUT2D eigenvalue weighted by Gasteiger charge is -2.07. The summed E-state index contributed by atoms with van der Waals surface area (Å²) in [6.07, 6.45) is 1.71. The van der Waals surface area contributed by atoms with Crippen molar-refractivity contribution in [3.8, 4) is 11.5 Å². The zero-order valence-electron chi connectivity index (χ0n) is 14.3. The Morgan fingerprint density at radius 3 is 2.93 bits per heavy atom. The number of aromatic nitrogens is 2. The van der Waals surface area contributed by atoms with Gasteiger partial charge in [0.05, 0.1) is 16.8 Å². The van der Waals surface area contributed by atoms with E-state index in [1.807, 2.05) is 60.0 Å². The molecule has 0 aliphatic heterocycles. The molecule has 0 spiro atoms. The van der Waals surface area contributed by atoms with Crippen molar-refractivity contribution >= 4 is 60.9 Å². The third-order valence-corrected chi connectivity index (χ3v) is 5.74. The van der Waals surface area contributed by atoms with E-state index in [-0.39, 0.29) is 5.91 Å². The second-order valence-electron chi connectivity index (χ2n) is 6.13. The molecule has 0 atom stereocenters. The molecule has 136 valence electrons. The van der Waals surface area contributed by atoms with E-state index < -0.39 is 0 Å². The Bertz CT molecular complexity index is 1340. The molecule has 5 rings (SSSR count). The molecule has 5 aromatic rings. The average molecular weight is 450 g/mol. The van der Waals surface area contributed by atoms with Gasteiger partial charge in [-0.3, -0.25) is 9.78 Å². The number of halogens is 1. The number of thiophene rings is 1. The third-order valence-electron chi connectivity index (χ3n) is 4.33. The van der Waals surface area contributed by atoms with Gasteiger partial charge in [0, 0.05) is 16.1 Å². The number of carbonyl (C=O) groups excluding carboxylic acids is 1. The fourth-order valence-electron chi connectivity index (χ4n) is 3.05. The number of oxazole rings is 1. The van der Waals surface area contributed by atoms with Gasteiger partial charge in [0.1, 0.15) is 10.4 Å². The summed E-state index contributed by atoms with van der Waals surface area (Å²) < 4.78 is 6.78. The van der Waals surface area contributed by atoms with Gasteiger partial charge in [0.15, 0.2) is 5.58 Å². The molecule has 3 heterocycles. The zero-order valence-corrected chi connectivity index (χ0v) is 16.8. The molecule has 3 aromatic heterocycles. The first-order chi connectivity index (χ1) is 13.7. The molecule has 0 fully saturated rings. The standard InChI is InChI=1S/C21H12BrN3O2S/c22-13-6-7-17-16(11-13)25-21(27-17)14-8-10-28-19(14)20(26)24-15-5-1-3-12-4-2-9-23-18(12)15/h1-11H,(H,24,26). The lowest BCUT2D eigenvalue weighted by atomic mass is 10.2. The van der Waals surface area contributed by atoms with E-state index in [1.165, 1.54) is 11.3 Å². The van der Waals surface area contributed by atoms with Crippen molar-refractivity contribution in [1.29, 1.82) is 0 Å². The first-order valence-corrected chi connectivity index (χ1v) is 10.2. The van der Waals surface area contributed by atoms with E-state index in [4.69, 9.17) is 4.42 Å². The molecule has 2 aromatic carbocycles. The molecule has 5 nitrogen and oxygen atoms in total. The van der Waals surface area contributed by atoms with Crippen LogP contribution >= 0.6 is 27.3 Å². The molecule has 28 heavy (non-hydrogen) atoms. The second-order valence-corrected chi connectivity index (χ2v) is 7.96. The van der Waals surface area contributed by atoms with Crippen LogP contribution < -0.4 is 5.32 Å². The fraction of sp³-hybridized carbons (Fsp3) is 0. The van der Waals surface area contributed by atoms with Gasteiger partial charge in [-0.2, -0.15) is 0 Å². The van der Waals surface area contributed by atoms with E-state index in [0.29, 0.717) is 27.6 Å². The van der Waals surface area contributed by atoms with Crippen molar-refractivity contribution in [2.45, 2.75) is 0 Å². The number of anilines is 1. The molecule has 0 aliphatic rings. The summed E-state index contributed by atoms with van der Waals surface area (Å²) >= 11 is 4.78. The van der Waals surface area contributed by atoms with Crippen molar-refractivity contribution in [1.82, 2.24) is 9.97 Å². The van der Waals surface area contributed by atoms with E-state index in [1.54, 1.807) is 6.20 Å². The first kappa shape index (κ1) is 17.1. The number of para-hydroxylation sites is 1. The normalized spacial score (nSPS) is 11.2. The predicted molar refractivity (Wildman–Crippen MR) is 115 cm³/mol. The van der Waals surface area contributed by atoms with Crippen LogP contribution in [0.4, 0.5) is 5.69 Å². The summed E-state index contributed by atoms with van der Waals surface area (Å²) in [6, 6.07) is 17.0. The Hall–Kier alpha value is -3.03. The number of hydrogen-bond acceptors (Lipinski definition) is 5. The Morgan fingerprint density at radius 2 is 2.00 bits per heavy atom. The number of nitrogens with one attached hydrogen (secondary N) is 1. The van der Waals surface area contributed by atoms with Crippen molar-refractivity contribution < 1.29 is 9.21 Å². The number of benzene rings is 2. The largest absolute Gasteiger partial charge is 0.436 e. The topological polar surface area (TPSA) is 68.0 Å². The Morgan fingerprint density at radius 1 is 1.11 bits per heavy atom. The van der Waals surface area contributed by atoms with Crippen molar-refractivity contribution in [3.05, 3.63) is 75.5 Å². The Labute approximate surface area is 172 Å². The summed E-state index contributed by atoms with van der Waals surface area (Å²) in [4.78, 5) is 22.4. The van der Waals surface area contributed by atoms with Crippen LogP contribution in [0.25, 0.3) is 33.5 Å². The predicted octanol–water partition coefficient (Wildman–Crippen LogP) is 6.12. The summed E-state index contributed by atoms with van der Waals surface area (Å²) in [5, 5.41) is 5.80. The van der Waals surface area contributed by atoms with Gasteiger partial charge in [-0.25, -0.2) is 4.98 Å². The number of pyridine rings is 1. The highest BCUT2D eigenvalue weighted by atomic mass is 79.9. The molecular weight excluding hydrogens is 438 g/mol. The van der Waals surface area contributed by atoms with E-state index in [9.17, 15) is 4.79 Å². The second kappa shape index (κ2) is 6.85. The van der Waals surface area contributed by atoms with Gasteiger partial charge >= 0.3 is 0 Å². The van der Waals surface area contributed by atoms with E-state index in [0.717, 1.165) is 20.9 Å². The summed E-state index contributed by atoms with van der Waals surface area (Å²) in [5.74, 6) is 0.210. The van der Waals surface area contributed by atoms with Gasteiger partial charge in [-0.1, -0.05) is 34.1 Å². The molecule has 0 unspecified atom stereocenters. The highest BCUT2D eigenvalue weighted by molar-refractivity contribution is 9.10. The molecule has 0 saturated carbocycles. The smallest absolute Gasteiger partial charge is 0.266 e. The van der Waals surface area contributed by atoms with Crippen molar-refractivity contribution in [2.24, 2.45) is 0 Å². The van der Waals surface area contributed by atoms with Crippen LogP contribution in [-0.4, -0.2) is 15.9 Å². The highest BCUT2D eigenvalue weighted by Crippen LogP contribution is 2.32. The number of hydrogen-bond donors (Lipinski definition) is 1. The van der Waals surface area contributed by atoms with Crippen LogP contribution in [0.1, 0.15) is 9.67 Å². The van der Waals surface area contributed by atoms with Crippen LogP contribution in [0.5, 0.6) is 0 Å². The van der Waals surface area contributed by atoms with E-state index in [2.05, 4.69) is 31.2 Å². The van der Waals surface area contributed by atoms with Crippen LogP contribution in [-0.2, 0) is 0 Å². The lowest BCUT2D eigenvalue weighted by molar-refractivity contribution is 0.103. The molecule has 0 bridgehead atoms. The SMILES string of the molecule is O=C(Nc1cccc2cccnc12)c1sccc1-c1nc2cc(Br)ccc2o1. The molecular formula is C21H12BrN3O2S. The van der Waals surface area contributed by atoms with Crippen molar-refractivity contribution in [3.63, 3.8) is 0 Å². The van der Waals surface area contributed by atoms with Crippen LogP contribution in [0.15, 0.2) is 75.1 Å². The number of fused-ring (bicyclic) bond motifs is 2. The van der Waals surface area contributed by atoms with Crippen LogP contribution in [0.3, 0.4) is 0 Å². The monoisotopic (exact) mass is 449 g/mol. The maximum Gasteiger partial charge on any atom is 0.266 e. The molecule has 0 saturated heterocycles. The molecule has 0 aliphatic carbocycles. The van der Waals surface area contributed by atoms with Crippen LogP contribution in [0, 0.1) is 0 Å². The zero-order chi connectivity index (χ0) is 19.1. The van der Waals surface area contributed by atoms with Gasteiger partial charge in [-0.05, 0) is 41.8 Å². The average Bonchev–Trinajstić information content (AvgIpc) is 3.34. The molecule has 0 radical (unpaired) electrons. The Balaban J connectivity index is 1.52.